The van der Waals surface area contributed by atoms with Gasteiger partial charge in [0.1, 0.15) is 17.7 Å². The molecule has 0 radical (unpaired) electrons. The van der Waals surface area contributed by atoms with E-state index in [9.17, 15) is 28.8 Å². The quantitative estimate of drug-likeness (QED) is 0.344. The Labute approximate surface area is 262 Å². The minimum Gasteiger partial charge on any atom is -0.464 e. The van der Waals surface area contributed by atoms with E-state index in [4.69, 9.17) is 9.47 Å². The fraction of sp³-hybridized carbons (Fsp3) is 0.625. The summed E-state index contributed by atoms with van der Waals surface area (Å²) in [7, 11) is 1.62. The number of imidazole rings is 1. The molecule has 1 aromatic carbocycles. The van der Waals surface area contributed by atoms with Crippen molar-refractivity contribution in [3.8, 4) is 0 Å². The number of amides is 3. The van der Waals surface area contributed by atoms with Crippen LogP contribution in [0.4, 0.5) is 4.79 Å². The number of nitrogens with zero attached hydrogens (tertiary/aromatic N) is 4. The summed E-state index contributed by atoms with van der Waals surface area (Å²) in [5.74, 6) is -1.37. The number of piperazine rings is 1. The number of piperidine rings is 1. The van der Waals surface area contributed by atoms with Gasteiger partial charge in [-0.2, -0.15) is 0 Å². The van der Waals surface area contributed by atoms with Crippen LogP contribution in [0, 0.1) is 5.41 Å². The summed E-state index contributed by atoms with van der Waals surface area (Å²) in [6, 6.07) is 3.91. The van der Waals surface area contributed by atoms with Gasteiger partial charge in [0.05, 0.1) is 24.2 Å². The van der Waals surface area contributed by atoms with Crippen LogP contribution in [-0.2, 0) is 42.1 Å². The number of fused-ring (bicyclic) bond motifs is 1. The lowest BCUT2D eigenvalue weighted by Gasteiger charge is -2.41. The predicted octanol–water partition coefficient (Wildman–Crippen LogP) is 2.33. The summed E-state index contributed by atoms with van der Waals surface area (Å²) in [6.45, 7) is 12.2. The van der Waals surface area contributed by atoms with Gasteiger partial charge in [-0.1, -0.05) is 26.8 Å². The molecule has 1 unspecified atom stereocenters. The van der Waals surface area contributed by atoms with Crippen LogP contribution in [0.15, 0.2) is 23.0 Å². The summed E-state index contributed by atoms with van der Waals surface area (Å²) in [4.78, 5) is 79.3. The van der Waals surface area contributed by atoms with Gasteiger partial charge < -0.3 is 9.47 Å². The Bertz CT molecular complexity index is 1540. The number of benzene rings is 1. The maximum absolute atomic E-state index is 13.3. The average Bonchev–Trinajstić information content (AvgIpc) is 3.16. The van der Waals surface area contributed by atoms with E-state index < -0.39 is 35.7 Å². The molecule has 3 amide bonds. The molecule has 45 heavy (non-hydrogen) atoms. The zero-order valence-corrected chi connectivity index (χ0v) is 27.3. The number of rotatable bonds is 8. The van der Waals surface area contributed by atoms with Crippen molar-refractivity contribution < 1.29 is 33.4 Å². The Morgan fingerprint density at radius 3 is 2.36 bits per heavy atom. The van der Waals surface area contributed by atoms with Gasteiger partial charge in [0.2, 0.25) is 11.8 Å². The van der Waals surface area contributed by atoms with Crippen LogP contribution < -0.4 is 11.0 Å². The number of nitrogens with one attached hydrogen (secondary N) is 1. The summed E-state index contributed by atoms with van der Waals surface area (Å²) >= 11 is 0. The number of esters is 1. The number of aryl methyl sites for hydroxylation is 1. The van der Waals surface area contributed by atoms with Gasteiger partial charge in [-0.25, -0.2) is 9.59 Å². The minimum atomic E-state index is -0.764. The SMILES string of the molecule is Cn1c(=O)n(C2CCC(=O)NC2=O)c2ccc(CCOC(=O)CN3CCN(C(=O)OC(C)(C)C)[C@H](C(=O)CC(C)(C)C)C3)cc21. The second-order valence-electron chi connectivity index (χ2n) is 14.1. The number of hydrogen-bond donors (Lipinski definition) is 1. The van der Waals surface area contributed by atoms with Crippen molar-refractivity contribution >= 4 is 40.7 Å². The first kappa shape index (κ1) is 33.9. The molecule has 1 aromatic heterocycles. The Hall–Kier alpha value is -4.00. The summed E-state index contributed by atoms with van der Waals surface area (Å²) in [5, 5.41) is 2.30. The molecule has 2 aliphatic rings. The van der Waals surface area contributed by atoms with Crippen molar-refractivity contribution in [2.75, 3.05) is 32.8 Å². The molecule has 246 valence electrons. The molecule has 0 bridgehead atoms. The van der Waals surface area contributed by atoms with E-state index in [0.29, 0.717) is 24.0 Å². The van der Waals surface area contributed by atoms with Crippen LogP contribution in [0.3, 0.4) is 0 Å². The number of hydrogen-bond acceptors (Lipinski definition) is 9. The van der Waals surface area contributed by atoms with Crippen LogP contribution >= 0.6 is 0 Å². The highest BCUT2D eigenvalue weighted by Gasteiger charge is 2.39. The third-order valence-corrected chi connectivity index (χ3v) is 7.85. The number of aromatic nitrogens is 2. The topological polar surface area (TPSA) is 149 Å². The highest BCUT2D eigenvalue weighted by atomic mass is 16.6. The monoisotopic (exact) mass is 627 g/mol. The first-order valence-corrected chi connectivity index (χ1v) is 15.4. The summed E-state index contributed by atoms with van der Waals surface area (Å²) in [5.41, 5.74) is 0.730. The maximum Gasteiger partial charge on any atom is 0.410 e. The molecule has 13 heteroatoms. The van der Waals surface area contributed by atoms with Crippen molar-refractivity contribution in [2.24, 2.45) is 12.5 Å². The molecule has 4 rings (SSSR count). The van der Waals surface area contributed by atoms with Gasteiger partial charge in [0.15, 0.2) is 5.78 Å². The second kappa shape index (κ2) is 13.2. The number of carbonyl (C=O) groups is 5. The van der Waals surface area contributed by atoms with Crippen molar-refractivity contribution in [1.82, 2.24) is 24.3 Å². The van der Waals surface area contributed by atoms with Crippen molar-refractivity contribution in [3.05, 3.63) is 34.2 Å². The van der Waals surface area contributed by atoms with Crippen molar-refractivity contribution in [2.45, 2.75) is 84.9 Å². The summed E-state index contributed by atoms with van der Waals surface area (Å²) < 4.78 is 14.0. The molecule has 13 nitrogen and oxygen atoms in total. The smallest absolute Gasteiger partial charge is 0.410 e. The van der Waals surface area contributed by atoms with Gasteiger partial charge in [-0.3, -0.25) is 43.4 Å². The Balaban J connectivity index is 1.36. The van der Waals surface area contributed by atoms with Gasteiger partial charge >= 0.3 is 17.8 Å². The molecular weight excluding hydrogens is 582 g/mol. The third kappa shape index (κ3) is 8.38. The molecule has 2 aliphatic heterocycles. The van der Waals surface area contributed by atoms with Crippen LogP contribution in [0.2, 0.25) is 0 Å². The molecule has 0 aliphatic carbocycles. The second-order valence-corrected chi connectivity index (χ2v) is 14.1. The Morgan fingerprint density at radius 1 is 1.00 bits per heavy atom. The molecule has 2 saturated heterocycles. The molecule has 0 saturated carbocycles. The standard InChI is InChI=1S/C32H45N5O8/c1-31(2,3)17-25(38)24-18-35(13-14-36(24)30(43)45-32(4,5)6)19-27(40)44-15-12-20-8-9-21-23(16-20)34(7)29(42)37(21)22-10-11-26(39)33-28(22)41/h8-9,16,22,24H,10-15,17-19H2,1-7H3,(H,33,39,41)/t22?,24-/m0/s1. The lowest BCUT2D eigenvalue weighted by molar-refractivity contribution is -0.146. The van der Waals surface area contributed by atoms with Crippen molar-refractivity contribution in [1.29, 1.82) is 0 Å². The van der Waals surface area contributed by atoms with E-state index in [-0.39, 0.29) is 68.3 Å². The fourth-order valence-corrected chi connectivity index (χ4v) is 5.74. The van der Waals surface area contributed by atoms with E-state index in [0.717, 1.165) is 5.56 Å². The number of imide groups is 1. The molecule has 2 aromatic rings. The molecular formula is C32H45N5O8. The van der Waals surface area contributed by atoms with E-state index in [1.54, 1.807) is 33.9 Å². The molecule has 1 N–H and O–H groups in total. The molecule has 3 heterocycles. The van der Waals surface area contributed by atoms with Gasteiger partial charge in [0, 0.05) is 45.9 Å². The highest BCUT2D eigenvalue weighted by molar-refractivity contribution is 6.00. The summed E-state index contributed by atoms with van der Waals surface area (Å²) in [6.07, 6.45) is 0.554. The first-order chi connectivity index (χ1) is 20.9. The Kier molecular flexibility index (Phi) is 9.91. The number of Topliss-reactive ketones (excluding diaryl/α,β-unsaturated/α-hetero) is 1. The van der Waals surface area contributed by atoms with Crippen LogP contribution in [0.1, 0.15) is 72.4 Å². The van der Waals surface area contributed by atoms with E-state index in [2.05, 4.69) is 5.32 Å². The lowest BCUT2D eigenvalue weighted by Crippen LogP contribution is -2.60. The molecule has 2 atom stereocenters. The predicted molar refractivity (Wildman–Crippen MR) is 166 cm³/mol. The largest absolute Gasteiger partial charge is 0.464 e. The van der Waals surface area contributed by atoms with Crippen LogP contribution in [0.5, 0.6) is 0 Å². The lowest BCUT2D eigenvalue weighted by atomic mass is 9.87. The van der Waals surface area contributed by atoms with Crippen LogP contribution in [-0.4, -0.2) is 93.0 Å². The van der Waals surface area contributed by atoms with E-state index in [1.807, 2.05) is 37.8 Å². The average molecular weight is 628 g/mol. The zero-order valence-electron chi connectivity index (χ0n) is 27.3. The minimum absolute atomic E-state index is 0.0240. The number of ketones is 1. The van der Waals surface area contributed by atoms with Gasteiger partial charge in [-0.15, -0.1) is 0 Å². The van der Waals surface area contributed by atoms with Gasteiger partial charge in [-0.05, 0) is 50.3 Å². The third-order valence-electron chi connectivity index (χ3n) is 7.85. The zero-order chi connectivity index (χ0) is 33.3. The molecule has 0 spiro atoms. The van der Waals surface area contributed by atoms with Gasteiger partial charge in [0.25, 0.3) is 0 Å². The highest BCUT2D eigenvalue weighted by Crippen LogP contribution is 2.25. The fourth-order valence-electron chi connectivity index (χ4n) is 5.74. The number of ether oxygens (including phenoxy) is 2. The number of carbonyl (C=O) groups excluding carboxylic acids is 5. The maximum atomic E-state index is 13.3. The van der Waals surface area contributed by atoms with E-state index in [1.165, 1.54) is 14.0 Å². The first-order valence-electron chi connectivity index (χ1n) is 15.4. The van der Waals surface area contributed by atoms with Crippen molar-refractivity contribution in [3.63, 3.8) is 0 Å². The van der Waals surface area contributed by atoms with Crippen LogP contribution in [0.25, 0.3) is 11.0 Å². The van der Waals surface area contributed by atoms with E-state index >= 15 is 0 Å². The molecule has 2 fully saturated rings. The normalized spacial score (nSPS) is 19.8. The Morgan fingerprint density at radius 2 is 1.71 bits per heavy atom.